The van der Waals surface area contributed by atoms with Crippen molar-refractivity contribution in [3.05, 3.63) is 33.8 Å². The molecule has 0 fully saturated rings. The molecule has 0 unspecified atom stereocenters. The number of rotatable bonds is 4. The van der Waals surface area contributed by atoms with Gasteiger partial charge in [0.05, 0.1) is 0 Å². The number of benzene rings is 1. The molecule has 5 N–H and O–H groups in total. The van der Waals surface area contributed by atoms with Gasteiger partial charge in [-0.15, -0.1) is 0 Å². The van der Waals surface area contributed by atoms with Crippen LogP contribution >= 0.6 is 23.5 Å². The molecule has 0 aliphatic rings. The largest absolute Gasteiger partial charge is 0.399 e. The third kappa shape index (κ3) is 3.09. The second-order valence-electron chi connectivity index (χ2n) is 3.28. The highest BCUT2D eigenvalue weighted by molar-refractivity contribution is 9.10. The summed E-state index contributed by atoms with van der Waals surface area (Å²) in [6.07, 6.45) is 0. The molecular weight excluding hydrogens is 321 g/mol. The average molecular weight is 331 g/mol. The van der Waals surface area contributed by atoms with Gasteiger partial charge in [-0.25, -0.2) is 0 Å². The maximum atomic E-state index is 13.4. The first kappa shape index (κ1) is 14.7. The fourth-order valence-electron chi connectivity index (χ4n) is 1.19. The summed E-state index contributed by atoms with van der Waals surface area (Å²) in [6.45, 7) is 0.250. The Balaban J connectivity index is 3.21. The van der Waals surface area contributed by atoms with Crippen LogP contribution in [0.25, 0.3) is 0 Å². The first-order valence-corrected chi connectivity index (χ1v) is 6.76. The lowest BCUT2D eigenvalue weighted by Gasteiger charge is -2.19. The van der Waals surface area contributed by atoms with E-state index in [0.717, 1.165) is 6.07 Å². The molecule has 0 saturated carbocycles. The molecule has 17 heavy (non-hydrogen) atoms. The van der Waals surface area contributed by atoms with Crippen LogP contribution in [0.3, 0.4) is 0 Å². The quantitative estimate of drug-likeness (QED) is 0.382. The maximum Gasteiger partial charge on any atom is 0.399 e. The molecule has 0 spiro atoms. The van der Waals surface area contributed by atoms with E-state index >= 15 is 0 Å². The molecular formula is C8H10BrF2N2O3P. The lowest BCUT2D eigenvalue weighted by atomic mass is 10.1. The predicted octanol–water partition coefficient (Wildman–Crippen LogP) is 1.64. The molecule has 0 atom stereocenters. The topological polar surface area (TPSA) is 95.6 Å². The van der Waals surface area contributed by atoms with Crippen molar-refractivity contribution in [2.24, 2.45) is 5.84 Å². The normalized spacial score (nSPS) is 12.8. The summed E-state index contributed by atoms with van der Waals surface area (Å²) < 4.78 is 37.4. The summed E-state index contributed by atoms with van der Waals surface area (Å²) in [5.74, 6) is 5.07. The summed E-state index contributed by atoms with van der Waals surface area (Å²) in [5.41, 5.74) is -2.04. The van der Waals surface area contributed by atoms with Crippen molar-refractivity contribution in [3.8, 4) is 0 Å². The zero-order valence-corrected chi connectivity index (χ0v) is 10.9. The third-order valence-corrected chi connectivity index (χ3v) is 3.66. The third-order valence-electron chi connectivity index (χ3n) is 2.03. The second-order valence-corrected chi connectivity index (χ2v) is 5.78. The van der Waals surface area contributed by atoms with Gasteiger partial charge in [-0.1, -0.05) is 28.1 Å². The molecule has 1 rings (SSSR count). The minimum absolute atomic E-state index is 0.0847. The Morgan fingerprint density at radius 2 is 2.06 bits per heavy atom. The van der Waals surface area contributed by atoms with E-state index < -0.39 is 18.8 Å². The number of hydrogen-bond acceptors (Lipinski definition) is 3. The van der Waals surface area contributed by atoms with Crippen LogP contribution in [0.1, 0.15) is 11.1 Å². The highest BCUT2D eigenvalue weighted by Crippen LogP contribution is 2.60. The Kier molecular flexibility index (Phi) is 4.40. The van der Waals surface area contributed by atoms with Gasteiger partial charge in [0.25, 0.3) is 0 Å². The predicted molar refractivity (Wildman–Crippen MR) is 61.1 cm³/mol. The van der Waals surface area contributed by atoms with E-state index in [9.17, 15) is 13.3 Å². The summed E-state index contributed by atoms with van der Waals surface area (Å²) in [6, 6.07) is 3.58. The van der Waals surface area contributed by atoms with Crippen molar-refractivity contribution >= 4 is 23.5 Å². The van der Waals surface area contributed by atoms with Crippen molar-refractivity contribution < 1.29 is 23.1 Å². The molecule has 9 heteroatoms. The van der Waals surface area contributed by atoms with E-state index in [1.54, 1.807) is 0 Å². The van der Waals surface area contributed by atoms with Crippen LogP contribution < -0.4 is 11.3 Å². The van der Waals surface area contributed by atoms with Gasteiger partial charge in [0, 0.05) is 16.6 Å². The smallest absolute Gasteiger partial charge is 0.320 e. The molecule has 0 radical (unpaired) electrons. The Morgan fingerprint density at radius 3 is 2.47 bits per heavy atom. The molecule has 96 valence electrons. The van der Waals surface area contributed by atoms with Crippen LogP contribution in [0.15, 0.2) is 22.7 Å². The van der Waals surface area contributed by atoms with Crippen molar-refractivity contribution in [1.29, 1.82) is 0 Å². The Morgan fingerprint density at radius 1 is 1.47 bits per heavy atom. The Hall–Kier alpha value is -0.370. The van der Waals surface area contributed by atoms with Crippen molar-refractivity contribution in [2.75, 3.05) is 0 Å². The van der Waals surface area contributed by atoms with Gasteiger partial charge in [0.2, 0.25) is 0 Å². The van der Waals surface area contributed by atoms with Gasteiger partial charge in [0.1, 0.15) is 0 Å². The van der Waals surface area contributed by atoms with E-state index in [1.165, 1.54) is 12.1 Å². The van der Waals surface area contributed by atoms with Gasteiger partial charge in [-0.3, -0.25) is 15.8 Å². The van der Waals surface area contributed by atoms with Crippen molar-refractivity contribution in [3.63, 3.8) is 0 Å². The minimum atomic E-state index is -5.55. The lowest BCUT2D eigenvalue weighted by molar-refractivity contribution is 0.0557. The van der Waals surface area contributed by atoms with E-state index in [4.69, 9.17) is 15.6 Å². The number of halogens is 3. The van der Waals surface area contributed by atoms with Crippen LogP contribution in [0.4, 0.5) is 8.78 Å². The first-order valence-electron chi connectivity index (χ1n) is 4.36. The first-order chi connectivity index (χ1) is 7.70. The number of nitrogens with one attached hydrogen (secondary N) is 1. The molecule has 0 aliphatic heterocycles. The molecule has 0 aromatic heterocycles. The molecule has 0 saturated heterocycles. The van der Waals surface area contributed by atoms with Gasteiger partial charge in [0.15, 0.2) is 0 Å². The number of hydrogen-bond donors (Lipinski definition) is 4. The van der Waals surface area contributed by atoms with Gasteiger partial charge < -0.3 is 9.79 Å². The Labute approximate surface area is 104 Å². The van der Waals surface area contributed by atoms with Gasteiger partial charge >= 0.3 is 13.3 Å². The number of nitrogens with two attached hydrogens (primary N) is 1. The summed E-state index contributed by atoms with van der Waals surface area (Å²) in [4.78, 5) is 17.2. The molecule has 0 aliphatic carbocycles. The Bertz CT molecular complexity index is 466. The average Bonchev–Trinajstić information content (AvgIpc) is 2.16. The van der Waals surface area contributed by atoms with Gasteiger partial charge in [-0.05, 0) is 11.6 Å². The molecule has 1 aromatic carbocycles. The fraction of sp³-hybridized carbons (Fsp3) is 0.250. The zero-order valence-electron chi connectivity index (χ0n) is 8.40. The van der Waals surface area contributed by atoms with E-state index in [0.29, 0.717) is 5.56 Å². The standard InChI is InChI=1S/C8H10BrF2N2O3P/c9-7-3-5(4-13-12)1-2-6(7)8(10,11)17(14,15)16/h1-3,13H,4,12H2,(H2,14,15,16). The van der Waals surface area contributed by atoms with E-state index in [1.807, 2.05) is 0 Å². The molecule has 0 amide bonds. The monoisotopic (exact) mass is 330 g/mol. The van der Waals surface area contributed by atoms with Crippen LogP contribution in [0, 0.1) is 0 Å². The lowest BCUT2D eigenvalue weighted by Crippen LogP contribution is -2.21. The van der Waals surface area contributed by atoms with Crippen molar-refractivity contribution in [1.82, 2.24) is 5.43 Å². The SMILES string of the molecule is NNCc1ccc(C(F)(F)P(=O)(O)O)c(Br)c1. The van der Waals surface area contributed by atoms with Crippen LogP contribution in [0.2, 0.25) is 0 Å². The summed E-state index contributed by atoms with van der Waals surface area (Å²) in [7, 11) is -5.55. The summed E-state index contributed by atoms with van der Waals surface area (Å²) >= 11 is 2.85. The van der Waals surface area contributed by atoms with Crippen LogP contribution in [0.5, 0.6) is 0 Å². The van der Waals surface area contributed by atoms with E-state index in [-0.39, 0.29) is 11.0 Å². The number of alkyl halides is 2. The maximum absolute atomic E-state index is 13.4. The molecule has 0 bridgehead atoms. The van der Waals surface area contributed by atoms with Crippen LogP contribution in [-0.2, 0) is 16.8 Å². The highest BCUT2D eigenvalue weighted by atomic mass is 79.9. The van der Waals surface area contributed by atoms with Gasteiger partial charge in [-0.2, -0.15) is 8.78 Å². The zero-order chi connectivity index (χ0) is 13.3. The van der Waals surface area contributed by atoms with E-state index in [2.05, 4.69) is 21.4 Å². The van der Waals surface area contributed by atoms with Crippen molar-refractivity contribution in [2.45, 2.75) is 12.2 Å². The molecule has 1 aromatic rings. The number of hydrazine groups is 1. The minimum Gasteiger partial charge on any atom is -0.320 e. The fourth-order valence-corrected chi connectivity index (χ4v) is 2.52. The summed E-state index contributed by atoms with van der Waals surface area (Å²) in [5, 5.41) is 0. The second kappa shape index (κ2) is 5.09. The molecule has 0 heterocycles. The highest BCUT2D eigenvalue weighted by Gasteiger charge is 2.51. The molecule has 5 nitrogen and oxygen atoms in total. The van der Waals surface area contributed by atoms with Crippen LogP contribution in [-0.4, -0.2) is 9.79 Å².